The highest BCUT2D eigenvalue weighted by Gasteiger charge is 2.27. The number of benzene rings is 5. The van der Waals surface area contributed by atoms with Crippen LogP contribution in [0.3, 0.4) is 0 Å². The van der Waals surface area contributed by atoms with E-state index in [-0.39, 0.29) is 0 Å². The van der Waals surface area contributed by atoms with E-state index in [4.69, 9.17) is 0 Å². The number of fused-ring (bicyclic) bond motifs is 15. The summed E-state index contributed by atoms with van der Waals surface area (Å²) >= 11 is 0. The van der Waals surface area contributed by atoms with Gasteiger partial charge in [-0.05, 0) is 87.0 Å². The van der Waals surface area contributed by atoms with E-state index in [2.05, 4.69) is 108 Å². The van der Waals surface area contributed by atoms with E-state index in [1.807, 2.05) is 0 Å². The fraction of sp³-hybridized carbons (Fsp3) is 0.0588. The Morgan fingerprint density at radius 2 is 1.23 bits per heavy atom. The average molecular weight is 444 g/mol. The molecule has 35 heavy (non-hydrogen) atoms. The van der Waals surface area contributed by atoms with Crippen LogP contribution in [0.5, 0.6) is 0 Å². The van der Waals surface area contributed by atoms with Crippen molar-refractivity contribution in [2.75, 3.05) is 0 Å². The van der Waals surface area contributed by atoms with Crippen LogP contribution in [0.1, 0.15) is 22.3 Å². The third-order valence-corrected chi connectivity index (χ3v) is 8.39. The molecule has 9 rings (SSSR count). The average Bonchev–Trinajstić information content (AvgIpc) is 3.58. The van der Waals surface area contributed by atoms with E-state index in [1.54, 1.807) is 0 Å². The Morgan fingerprint density at radius 1 is 0.457 bits per heavy atom. The number of hydrogen-bond acceptors (Lipinski definition) is 0. The summed E-state index contributed by atoms with van der Waals surface area (Å²) in [6.45, 7) is 0. The third-order valence-electron chi connectivity index (χ3n) is 8.39. The fourth-order valence-electron chi connectivity index (χ4n) is 6.92. The monoisotopic (exact) mass is 443 g/mol. The first-order valence-corrected chi connectivity index (χ1v) is 12.5. The van der Waals surface area contributed by atoms with Gasteiger partial charge in [-0.3, -0.25) is 0 Å². The maximum atomic E-state index is 2.49. The second-order valence-corrected chi connectivity index (χ2v) is 10.1. The fourth-order valence-corrected chi connectivity index (χ4v) is 6.92. The van der Waals surface area contributed by atoms with Crippen molar-refractivity contribution in [2.45, 2.75) is 12.8 Å². The highest BCUT2D eigenvalue weighted by Crippen LogP contribution is 2.48. The summed E-state index contributed by atoms with van der Waals surface area (Å²) in [4.78, 5) is 0. The van der Waals surface area contributed by atoms with Gasteiger partial charge in [-0.25, -0.2) is 0 Å². The first kappa shape index (κ1) is 18.0. The zero-order valence-corrected chi connectivity index (χ0v) is 19.2. The van der Waals surface area contributed by atoms with Gasteiger partial charge in [0.05, 0.1) is 16.6 Å². The van der Waals surface area contributed by atoms with Gasteiger partial charge in [0.1, 0.15) is 0 Å². The standard InChI is InChI=1S/C34H21N/c1-3-9-24-20(7-1)15-22-16-23-17-30-25(29(23)19-28(22)24)13-14-27-26-10-4-6-12-32(26)35-31-11-5-2-8-21(31)18-33(35)34(27)30/h1-14,16,18-19H,15,17H2. The molecule has 0 radical (unpaired) electrons. The van der Waals surface area contributed by atoms with Gasteiger partial charge in [0.2, 0.25) is 0 Å². The van der Waals surface area contributed by atoms with Gasteiger partial charge in [-0.2, -0.15) is 0 Å². The molecule has 2 aliphatic carbocycles. The van der Waals surface area contributed by atoms with Crippen molar-refractivity contribution in [2.24, 2.45) is 0 Å². The molecule has 0 N–H and O–H groups in total. The van der Waals surface area contributed by atoms with Crippen LogP contribution in [0.4, 0.5) is 0 Å². The van der Waals surface area contributed by atoms with Crippen molar-refractivity contribution < 1.29 is 0 Å². The second-order valence-electron chi connectivity index (χ2n) is 10.1. The lowest BCUT2D eigenvalue weighted by Gasteiger charge is -2.13. The van der Waals surface area contributed by atoms with Gasteiger partial charge < -0.3 is 4.40 Å². The largest absolute Gasteiger partial charge is 0.309 e. The van der Waals surface area contributed by atoms with Crippen LogP contribution in [-0.2, 0) is 12.8 Å². The lowest BCUT2D eigenvalue weighted by Crippen LogP contribution is -1.94. The zero-order chi connectivity index (χ0) is 22.7. The number of aromatic nitrogens is 1. The second kappa shape index (κ2) is 6.20. The molecule has 0 spiro atoms. The molecule has 0 aliphatic heterocycles. The molecule has 0 unspecified atom stereocenters. The summed E-state index contributed by atoms with van der Waals surface area (Å²) in [7, 11) is 0. The summed E-state index contributed by atoms with van der Waals surface area (Å²) < 4.78 is 2.48. The van der Waals surface area contributed by atoms with E-state index in [9.17, 15) is 0 Å². The van der Waals surface area contributed by atoms with Gasteiger partial charge in [0.15, 0.2) is 0 Å². The molecule has 0 amide bonds. The Labute approximate surface area is 202 Å². The molecule has 0 atom stereocenters. The molecule has 5 aromatic carbocycles. The van der Waals surface area contributed by atoms with Crippen molar-refractivity contribution in [1.29, 1.82) is 0 Å². The topological polar surface area (TPSA) is 4.41 Å². The van der Waals surface area contributed by atoms with Gasteiger partial charge >= 0.3 is 0 Å². The molecule has 2 aromatic heterocycles. The summed E-state index contributed by atoms with van der Waals surface area (Å²) in [5, 5.41) is 5.40. The molecule has 162 valence electrons. The van der Waals surface area contributed by atoms with Crippen molar-refractivity contribution in [1.82, 2.24) is 4.40 Å². The molecule has 1 nitrogen and oxygen atoms in total. The van der Waals surface area contributed by atoms with E-state index < -0.39 is 0 Å². The zero-order valence-electron chi connectivity index (χ0n) is 19.2. The molecular weight excluding hydrogens is 422 g/mol. The third kappa shape index (κ3) is 2.19. The molecule has 0 fully saturated rings. The molecule has 1 heteroatoms. The Morgan fingerprint density at radius 3 is 2.20 bits per heavy atom. The van der Waals surface area contributed by atoms with Crippen LogP contribution in [0.25, 0.3) is 60.3 Å². The Bertz CT molecular complexity index is 2050. The lowest BCUT2D eigenvalue weighted by atomic mass is 9.95. The predicted molar refractivity (Wildman–Crippen MR) is 146 cm³/mol. The smallest absolute Gasteiger partial charge is 0.0550 e. The van der Waals surface area contributed by atoms with E-state index in [0.29, 0.717) is 0 Å². The summed E-state index contributed by atoms with van der Waals surface area (Å²) in [6.07, 6.45) is 2.05. The lowest BCUT2D eigenvalue weighted by molar-refractivity contribution is 1.22. The Kier molecular flexibility index (Phi) is 3.19. The molecule has 0 saturated carbocycles. The number of hydrogen-bond donors (Lipinski definition) is 0. The minimum absolute atomic E-state index is 1.00. The van der Waals surface area contributed by atoms with Crippen LogP contribution in [0.2, 0.25) is 0 Å². The van der Waals surface area contributed by atoms with Crippen LogP contribution >= 0.6 is 0 Å². The predicted octanol–water partition coefficient (Wildman–Crippen LogP) is 8.54. The number of rotatable bonds is 0. The van der Waals surface area contributed by atoms with Crippen LogP contribution in [-0.4, -0.2) is 4.40 Å². The maximum Gasteiger partial charge on any atom is 0.0550 e. The minimum Gasteiger partial charge on any atom is -0.309 e. The van der Waals surface area contributed by atoms with Crippen LogP contribution < -0.4 is 0 Å². The van der Waals surface area contributed by atoms with Crippen molar-refractivity contribution >= 4 is 38.1 Å². The first-order valence-electron chi connectivity index (χ1n) is 12.5. The number of pyridine rings is 1. The molecule has 0 saturated heterocycles. The van der Waals surface area contributed by atoms with Gasteiger partial charge in [-0.15, -0.1) is 0 Å². The highest BCUT2D eigenvalue weighted by molar-refractivity contribution is 6.18. The van der Waals surface area contributed by atoms with Crippen LogP contribution in [0.15, 0.2) is 103 Å². The number of nitrogens with zero attached hydrogens (tertiary/aromatic N) is 1. The van der Waals surface area contributed by atoms with E-state index in [1.165, 1.54) is 82.6 Å². The van der Waals surface area contributed by atoms with E-state index >= 15 is 0 Å². The van der Waals surface area contributed by atoms with Gasteiger partial charge in [-0.1, -0.05) is 78.9 Å². The first-order chi connectivity index (χ1) is 17.3. The van der Waals surface area contributed by atoms with Gasteiger partial charge in [0.25, 0.3) is 0 Å². The molecule has 2 heterocycles. The van der Waals surface area contributed by atoms with Crippen LogP contribution in [0, 0.1) is 0 Å². The number of para-hydroxylation sites is 2. The van der Waals surface area contributed by atoms with Gasteiger partial charge in [0, 0.05) is 16.2 Å². The van der Waals surface area contributed by atoms with Crippen molar-refractivity contribution in [3.63, 3.8) is 0 Å². The molecule has 0 bridgehead atoms. The summed E-state index contributed by atoms with van der Waals surface area (Å²) in [5.74, 6) is 0. The summed E-state index contributed by atoms with van der Waals surface area (Å²) in [6, 6.07) is 38.7. The molecule has 7 aromatic rings. The quantitative estimate of drug-likeness (QED) is 0.207. The van der Waals surface area contributed by atoms with Crippen molar-refractivity contribution in [3.8, 4) is 22.3 Å². The SMILES string of the molecule is c1ccc2c(c1)Cc1cc3c(cc1-2)-c1ccc2c4ccccc4n4c5ccccc5cc4c2c1C3. The normalized spacial score (nSPS) is 13.5. The molecule has 2 aliphatic rings. The minimum atomic E-state index is 1.00. The maximum absolute atomic E-state index is 2.49. The Hall–Kier alpha value is -4.36. The molecular formula is C34H21N. The Balaban J connectivity index is 1.41. The van der Waals surface area contributed by atoms with Crippen molar-refractivity contribution in [3.05, 3.63) is 125 Å². The summed E-state index contributed by atoms with van der Waals surface area (Å²) in [5.41, 5.74) is 15.4. The highest BCUT2D eigenvalue weighted by atomic mass is 14.9. The van der Waals surface area contributed by atoms with E-state index in [0.717, 1.165) is 12.8 Å².